The Hall–Kier alpha value is -3.52. The molecule has 0 fully saturated rings. The molecule has 4 aromatic rings. The van der Waals surface area contributed by atoms with Crippen molar-refractivity contribution in [1.82, 2.24) is 24.8 Å². The number of fused-ring (bicyclic) bond motifs is 3. The van der Waals surface area contributed by atoms with Crippen LogP contribution in [0.5, 0.6) is 0 Å². The van der Waals surface area contributed by atoms with Gasteiger partial charge in [-0.3, -0.25) is 14.6 Å². The number of nitrogens with zero attached hydrogens (tertiary/aromatic N) is 4. The summed E-state index contributed by atoms with van der Waals surface area (Å²) in [6, 6.07) is 15.2. The lowest BCUT2D eigenvalue weighted by Gasteiger charge is -2.27. The molecule has 1 aliphatic rings. The summed E-state index contributed by atoms with van der Waals surface area (Å²) in [7, 11) is 0. The standard InChI is InChI=1S/C24H23N5O2S/c1-2-18(21-7-5-13-32-21)27-23(30)16-8-9-20-19(14-16)26-22-24(31)28(11-12-29(20)22)15-17-6-3-4-10-25-17/h3-10,13-14,18H,2,11-12,15H2,1H3,(H,27,30). The van der Waals surface area contributed by atoms with Gasteiger partial charge in [-0.15, -0.1) is 11.3 Å². The molecule has 1 aliphatic heterocycles. The van der Waals surface area contributed by atoms with E-state index >= 15 is 0 Å². The topological polar surface area (TPSA) is 80.1 Å². The summed E-state index contributed by atoms with van der Waals surface area (Å²) >= 11 is 1.64. The van der Waals surface area contributed by atoms with Gasteiger partial charge in [0.2, 0.25) is 0 Å². The number of carbonyl (C=O) groups is 2. The Morgan fingerprint density at radius 3 is 2.84 bits per heavy atom. The first-order valence-electron chi connectivity index (χ1n) is 10.7. The quantitative estimate of drug-likeness (QED) is 0.486. The lowest BCUT2D eigenvalue weighted by molar-refractivity contribution is 0.0682. The molecular formula is C24H23N5O2S. The molecule has 2 amide bonds. The van der Waals surface area contributed by atoms with Crippen molar-refractivity contribution in [1.29, 1.82) is 0 Å². The number of pyridine rings is 1. The Bertz CT molecular complexity index is 1270. The lowest BCUT2D eigenvalue weighted by Crippen LogP contribution is -2.40. The van der Waals surface area contributed by atoms with Gasteiger partial charge in [0.15, 0.2) is 5.82 Å². The molecule has 0 saturated carbocycles. The SMILES string of the molecule is CCC(NC(=O)c1ccc2c(c1)nc1n2CCN(Cc2ccccn2)C1=O)c1cccs1. The van der Waals surface area contributed by atoms with Crippen LogP contribution in [0.25, 0.3) is 11.0 Å². The monoisotopic (exact) mass is 445 g/mol. The number of aromatic nitrogens is 3. The summed E-state index contributed by atoms with van der Waals surface area (Å²) in [4.78, 5) is 37.8. The van der Waals surface area contributed by atoms with Crippen LogP contribution in [0.2, 0.25) is 0 Å². The van der Waals surface area contributed by atoms with Crippen LogP contribution in [0.4, 0.5) is 0 Å². The largest absolute Gasteiger partial charge is 0.344 e. The van der Waals surface area contributed by atoms with E-state index in [2.05, 4.69) is 22.2 Å². The average molecular weight is 446 g/mol. The van der Waals surface area contributed by atoms with Crippen molar-refractivity contribution in [3.8, 4) is 0 Å². The van der Waals surface area contributed by atoms with E-state index in [0.717, 1.165) is 22.5 Å². The number of amides is 2. The number of hydrogen-bond donors (Lipinski definition) is 1. The van der Waals surface area contributed by atoms with Crippen molar-refractivity contribution < 1.29 is 9.59 Å². The van der Waals surface area contributed by atoms with E-state index in [0.29, 0.717) is 36.5 Å². The Morgan fingerprint density at radius 2 is 2.09 bits per heavy atom. The highest BCUT2D eigenvalue weighted by molar-refractivity contribution is 7.10. The second kappa shape index (κ2) is 8.55. The molecule has 5 rings (SSSR count). The summed E-state index contributed by atoms with van der Waals surface area (Å²) in [5.74, 6) is 0.152. The second-order valence-corrected chi connectivity index (χ2v) is 8.77. The third-order valence-corrected chi connectivity index (χ3v) is 6.75. The molecule has 3 aromatic heterocycles. The predicted octanol–water partition coefficient (Wildman–Crippen LogP) is 4.03. The molecule has 1 N–H and O–H groups in total. The van der Waals surface area contributed by atoms with Gasteiger partial charge in [0.1, 0.15) is 0 Å². The number of benzene rings is 1. The Morgan fingerprint density at radius 1 is 1.19 bits per heavy atom. The molecule has 7 nitrogen and oxygen atoms in total. The number of carbonyl (C=O) groups excluding carboxylic acids is 2. The average Bonchev–Trinajstić information content (AvgIpc) is 3.48. The molecule has 162 valence electrons. The maximum absolute atomic E-state index is 13.1. The highest BCUT2D eigenvalue weighted by Crippen LogP contribution is 2.25. The van der Waals surface area contributed by atoms with E-state index in [1.54, 1.807) is 34.6 Å². The minimum Gasteiger partial charge on any atom is -0.344 e. The molecule has 32 heavy (non-hydrogen) atoms. The van der Waals surface area contributed by atoms with Crippen LogP contribution in [0.15, 0.2) is 60.1 Å². The van der Waals surface area contributed by atoms with Gasteiger partial charge in [-0.25, -0.2) is 4.98 Å². The van der Waals surface area contributed by atoms with Gasteiger partial charge >= 0.3 is 0 Å². The van der Waals surface area contributed by atoms with E-state index in [1.807, 2.05) is 46.3 Å². The molecule has 0 aliphatic carbocycles. The van der Waals surface area contributed by atoms with Crippen LogP contribution in [0.1, 0.15) is 50.9 Å². The van der Waals surface area contributed by atoms with Gasteiger partial charge < -0.3 is 14.8 Å². The molecule has 0 bridgehead atoms. The summed E-state index contributed by atoms with van der Waals surface area (Å²) in [6.07, 6.45) is 2.54. The maximum atomic E-state index is 13.1. The molecule has 0 radical (unpaired) electrons. The smallest absolute Gasteiger partial charge is 0.290 e. The molecule has 0 saturated heterocycles. The van der Waals surface area contributed by atoms with Crippen molar-refractivity contribution in [3.05, 3.63) is 82.1 Å². The first-order chi connectivity index (χ1) is 15.6. The van der Waals surface area contributed by atoms with Crippen LogP contribution in [-0.2, 0) is 13.1 Å². The van der Waals surface area contributed by atoms with Crippen LogP contribution in [0.3, 0.4) is 0 Å². The fraction of sp³-hybridized carbons (Fsp3) is 0.250. The highest BCUT2D eigenvalue weighted by atomic mass is 32.1. The minimum atomic E-state index is -0.138. The normalized spacial score (nSPS) is 14.4. The van der Waals surface area contributed by atoms with Crippen molar-refractivity contribution in [2.75, 3.05) is 6.54 Å². The van der Waals surface area contributed by atoms with Crippen molar-refractivity contribution in [3.63, 3.8) is 0 Å². The zero-order valence-electron chi connectivity index (χ0n) is 17.7. The van der Waals surface area contributed by atoms with Crippen LogP contribution < -0.4 is 5.32 Å². The van der Waals surface area contributed by atoms with Gasteiger partial charge in [0, 0.05) is 29.7 Å². The summed E-state index contributed by atoms with van der Waals surface area (Å²) in [6.45, 7) is 3.76. The van der Waals surface area contributed by atoms with E-state index in [9.17, 15) is 9.59 Å². The summed E-state index contributed by atoms with van der Waals surface area (Å²) in [5.41, 5.74) is 2.92. The fourth-order valence-electron chi connectivity index (χ4n) is 4.07. The van der Waals surface area contributed by atoms with E-state index < -0.39 is 0 Å². The van der Waals surface area contributed by atoms with Crippen molar-refractivity contribution in [2.45, 2.75) is 32.5 Å². The Labute approximate surface area is 189 Å². The Balaban J connectivity index is 1.38. The number of rotatable bonds is 6. The van der Waals surface area contributed by atoms with Crippen LogP contribution in [-0.4, -0.2) is 37.8 Å². The number of hydrogen-bond acceptors (Lipinski definition) is 5. The van der Waals surface area contributed by atoms with Gasteiger partial charge in [-0.05, 0) is 48.2 Å². The zero-order chi connectivity index (χ0) is 22.1. The van der Waals surface area contributed by atoms with Crippen LogP contribution >= 0.6 is 11.3 Å². The third-order valence-electron chi connectivity index (χ3n) is 5.76. The molecule has 1 atom stereocenters. The molecule has 1 aromatic carbocycles. The zero-order valence-corrected chi connectivity index (χ0v) is 18.5. The first kappa shape index (κ1) is 20.4. The predicted molar refractivity (Wildman–Crippen MR) is 124 cm³/mol. The summed E-state index contributed by atoms with van der Waals surface area (Å²) < 4.78 is 1.94. The Kier molecular flexibility index (Phi) is 5.45. The van der Waals surface area contributed by atoms with Crippen molar-refractivity contribution >= 4 is 34.2 Å². The third kappa shape index (κ3) is 3.78. The van der Waals surface area contributed by atoms with Gasteiger partial charge in [0.05, 0.1) is 29.3 Å². The van der Waals surface area contributed by atoms with E-state index in [4.69, 9.17) is 0 Å². The molecule has 4 heterocycles. The summed E-state index contributed by atoms with van der Waals surface area (Å²) in [5, 5.41) is 5.12. The number of thiophene rings is 1. The van der Waals surface area contributed by atoms with Crippen molar-refractivity contribution in [2.24, 2.45) is 0 Å². The second-order valence-electron chi connectivity index (χ2n) is 7.79. The maximum Gasteiger partial charge on any atom is 0.290 e. The van der Waals surface area contributed by atoms with Gasteiger partial charge in [-0.1, -0.05) is 19.1 Å². The minimum absolute atomic E-state index is 0.0184. The number of imidazole rings is 1. The molecule has 1 unspecified atom stereocenters. The number of nitrogens with one attached hydrogen (secondary N) is 1. The van der Waals surface area contributed by atoms with E-state index in [-0.39, 0.29) is 17.9 Å². The lowest BCUT2D eigenvalue weighted by atomic mass is 10.1. The molecule has 8 heteroatoms. The first-order valence-corrected chi connectivity index (χ1v) is 11.6. The van der Waals surface area contributed by atoms with Gasteiger partial charge in [-0.2, -0.15) is 0 Å². The van der Waals surface area contributed by atoms with Gasteiger partial charge in [0.25, 0.3) is 11.8 Å². The van der Waals surface area contributed by atoms with E-state index in [1.165, 1.54) is 0 Å². The fourth-order valence-corrected chi connectivity index (χ4v) is 4.93. The highest BCUT2D eigenvalue weighted by Gasteiger charge is 2.28. The molecular weight excluding hydrogens is 422 g/mol. The van der Waals surface area contributed by atoms with Crippen LogP contribution in [0, 0.1) is 0 Å². The molecule has 0 spiro atoms.